The van der Waals surface area contributed by atoms with Crippen molar-refractivity contribution in [2.24, 2.45) is 5.92 Å². The van der Waals surface area contributed by atoms with Gasteiger partial charge >= 0.3 is 0 Å². The third-order valence-electron chi connectivity index (χ3n) is 2.87. The smallest absolute Gasteiger partial charge is 0.224 e. The van der Waals surface area contributed by atoms with E-state index in [9.17, 15) is 9.90 Å². The molecule has 0 bridgehead atoms. The summed E-state index contributed by atoms with van der Waals surface area (Å²) in [7, 11) is 1.61. The summed E-state index contributed by atoms with van der Waals surface area (Å²) in [6.45, 7) is 4.11. The number of carbonyl (C=O) groups is 1. The Morgan fingerprint density at radius 2 is 1.95 bits per heavy atom. The van der Waals surface area contributed by atoms with E-state index in [0.29, 0.717) is 12.3 Å². The maximum absolute atomic E-state index is 11.9. The lowest BCUT2D eigenvalue weighted by Crippen LogP contribution is -2.39. The van der Waals surface area contributed by atoms with Crippen LogP contribution in [0.25, 0.3) is 0 Å². The van der Waals surface area contributed by atoms with E-state index < -0.39 is 0 Å². The molecule has 1 unspecified atom stereocenters. The molecule has 4 nitrogen and oxygen atoms in total. The van der Waals surface area contributed by atoms with Crippen molar-refractivity contribution in [3.63, 3.8) is 0 Å². The summed E-state index contributed by atoms with van der Waals surface area (Å²) in [6, 6.07) is 7.25. The standard InChI is InChI=1S/C15H23NO3/c1-11(2)8-13(10-17)16-15(18)9-12-4-6-14(19-3)7-5-12/h4-7,11,13,17H,8-10H2,1-3H3,(H,16,18). The molecule has 0 aromatic heterocycles. The minimum absolute atomic E-state index is 0.0213. The topological polar surface area (TPSA) is 58.6 Å². The Kier molecular flexibility index (Phi) is 6.36. The van der Waals surface area contributed by atoms with Crippen LogP contribution in [-0.4, -0.2) is 30.8 Å². The molecule has 1 atom stereocenters. The first-order chi connectivity index (χ1) is 9.05. The van der Waals surface area contributed by atoms with E-state index in [-0.39, 0.29) is 18.6 Å². The van der Waals surface area contributed by atoms with Crippen molar-refractivity contribution in [1.29, 1.82) is 0 Å². The van der Waals surface area contributed by atoms with Crippen molar-refractivity contribution in [2.45, 2.75) is 32.7 Å². The molecule has 0 aliphatic rings. The molecule has 4 heteroatoms. The van der Waals surface area contributed by atoms with Crippen LogP contribution in [0.1, 0.15) is 25.8 Å². The van der Waals surface area contributed by atoms with Crippen molar-refractivity contribution >= 4 is 5.91 Å². The molecular formula is C15H23NO3. The van der Waals surface area contributed by atoms with Crippen LogP contribution in [0, 0.1) is 5.92 Å². The first-order valence-corrected chi connectivity index (χ1v) is 6.58. The maximum atomic E-state index is 11.9. The van der Waals surface area contributed by atoms with Crippen LogP contribution in [0.2, 0.25) is 0 Å². The molecule has 0 heterocycles. The van der Waals surface area contributed by atoms with Crippen LogP contribution in [0.3, 0.4) is 0 Å². The molecule has 1 aromatic carbocycles. The van der Waals surface area contributed by atoms with E-state index in [0.717, 1.165) is 17.7 Å². The third-order valence-corrected chi connectivity index (χ3v) is 2.87. The predicted octanol–water partition coefficient (Wildman–Crippen LogP) is 1.76. The molecule has 0 radical (unpaired) electrons. The SMILES string of the molecule is COc1ccc(CC(=O)NC(CO)CC(C)C)cc1. The number of aliphatic hydroxyl groups is 1. The summed E-state index contributed by atoms with van der Waals surface area (Å²) < 4.78 is 5.07. The average Bonchev–Trinajstić information content (AvgIpc) is 2.38. The largest absolute Gasteiger partial charge is 0.497 e. The number of methoxy groups -OCH3 is 1. The fourth-order valence-electron chi connectivity index (χ4n) is 1.96. The highest BCUT2D eigenvalue weighted by Gasteiger charge is 2.13. The molecule has 0 saturated carbocycles. The van der Waals surface area contributed by atoms with Crippen LogP contribution >= 0.6 is 0 Å². The molecule has 0 aliphatic carbocycles. The van der Waals surface area contributed by atoms with Gasteiger partial charge in [0.25, 0.3) is 0 Å². The Bertz CT molecular complexity index is 387. The second kappa shape index (κ2) is 7.79. The zero-order valence-corrected chi connectivity index (χ0v) is 11.8. The van der Waals surface area contributed by atoms with E-state index in [2.05, 4.69) is 19.2 Å². The van der Waals surface area contributed by atoms with Gasteiger partial charge in [0.1, 0.15) is 5.75 Å². The number of hydrogen-bond donors (Lipinski definition) is 2. The Balaban J connectivity index is 2.49. The van der Waals surface area contributed by atoms with Crippen LogP contribution in [-0.2, 0) is 11.2 Å². The van der Waals surface area contributed by atoms with Gasteiger partial charge in [0.2, 0.25) is 5.91 Å². The molecule has 1 aromatic rings. The van der Waals surface area contributed by atoms with Crippen molar-refractivity contribution in [2.75, 3.05) is 13.7 Å². The van der Waals surface area contributed by atoms with Gasteiger partial charge in [-0.2, -0.15) is 0 Å². The number of amides is 1. The van der Waals surface area contributed by atoms with Gasteiger partial charge in [0, 0.05) is 0 Å². The monoisotopic (exact) mass is 265 g/mol. The fraction of sp³-hybridized carbons (Fsp3) is 0.533. The highest BCUT2D eigenvalue weighted by molar-refractivity contribution is 5.78. The second-order valence-corrected chi connectivity index (χ2v) is 5.10. The van der Waals surface area contributed by atoms with Crippen LogP contribution in [0.5, 0.6) is 5.75 Å². The Hall–Kier alpha value is -1.55. The highest BCUT2D eigenvalue weighted by atomic mass is 16.5. The van der Waals surface area contributed by atoms with Gasteiger partial charge in [-0.05, 0) is 30.0 Å². The molecule has 0 fully saturated rings. The first-order valence-electron chi connectivity index (χ1n) is 6.58. The number of ether oxygens (including phenoxy) is 1. The van der Waals surface area contributed by atoms with Crippen LogP contribution < -0.4 is 10.1 Å². The van der Waals surface area contributed by atoms with Crippen LogP contribution in [0.4, 0.5) is 0 Å². The van der Waals surface area contributed by atoms with Crippen LogP contribution in [0.15, 0.2) is 24.3 Å². The lowest BCUT2D eigenvalue weighted by Gasteiger charge is -2.18. The maximum Gasteiger partial charge on any atom is 0.224 e. The van der Waals surface area contributed by atoms with Gasteiger partial charge < -0.3 is 15.2 Å². The Labute approximate surface area is 114 Å². The summed E-state index contributed by atoms with van der Waals surface area (Å²) in [4.78, 5) is 11.9. The number of rotatable bonds is 7. The van der Waals surface area contributed by atoms with E-state index in [1.807, 2.05) is 24.3 Å². The fourth-order valence-corrected chi connectivity index (χ4v) is 1.96. The average molecular weight is 265 g/mol. The van der Waals surface area contributed by atoms with Crippen molar-refractivity contribution in [3.8, 4) is 5.75 Å². The normalized spacial score (nSPS) is 12.3. The third kappa shape index (κ3) is 5.75. The van der Waals surface area contributed by atoms with Crippen molar-refractivity contribution < 1.29 is 14.6 Å². The van der Waals surface area contributed by atoms with E-state index >= 15 is 0 Å². The second-order valence-electron chi connectivity index (χ2n) is 5.10. The zero-order valence-electron chi connectivity index (χ0n) is 11.8. The van der Waals surface area contributed by atoms with Gasteiger partial charge in [-0.3, -0.25) is 4.79 Å². The summed E-state index contributed by atoms with van der Waals surface area (Å²) in [5.74, 6) is 1.15. The predicted molar refractivity (Wildman–Crippen MR) is 75.2 cm³/mol. The zero-order chi connectivity index (χ0) is 14.3. The molecule has 2 N–H and O–H groups in total. The van der Waals surface area contributed by atoms with Gasteiger partial charge in [0.15, 0.2) is 0 Å². The van der Waals surface area contributed by atoms with Gasteiger partial charge in [-0.25, -0.2) is 0 Å². The molecule has 106 valence electrons. The molecule has 0 aliphatic heterocycles. The van der Waals surface area contributed by atoms with Gasteiger partial charge in [-0.15, -0.1) is 0 Å². The summed E-state index contributed by atoms with van der Waals surface area (Å²) in [5, 5.41) is 12.1. The van der Waals surface area contributed by atoms with E-state index in [4.69, 9.17) is 4.74 Å². The number of nitrogens with one attached hydrogen (secondary N) is 1. The lowest BCUT2D eigenvalue weighted by atomic mass is 10.0. The highest BCUT2D eigenvalue weighted by Crippen LogP contribution is 2.12. The number of benzene rings is 1. The molecular weight excluding hydrogens is 242 g/mol. The molecule has 0 spiro atoms. The number of carbonyl (C=O) groups excluding carboxylic acids is 1. The molecule has 0 saturated heterocycles. The van der Waals surface area contributed by atoms with E-state index in [1.165, 1.54) is 0 Å². The minimum atomic E-state index is -0.161. The first kappa shape index (κ1) is 15.5. The van der Waals surface area contributed by atoms with Gasteiger partial charge in [-0.1, -0.05) is 26.0 Å². The summed E-state index contributed by atoms with van der Waals surface area (Å²) in [6.07, 6.45) is 1.10. The summed E-state index contributed by atoms with van der Waals surface area (Å²) in [5.41, 5.74) is 0.930. The summed E-state index contributed by atoms with van der Waals surface area (Å²) >= 11 is 0. The number of hydrogen-bond acceptors (Lipinski definition) is 3. The Morgan fingerprint density at radius 1 is 1.32 bits per heavy atom. The van der Waals surface area contributed by atoms with Crippen molar-refractivity contribution in [3.05, 3.63) is 29.8 Å². The Morgan fingerprint density at radius 3 is 2.42 bits per heavy atom. The minimum Gasteiger partial charge on any atom is -0.497 e. The quantitative estimate of drug-likeness (QED) is 0.790. The van der Waals surface area contributed by atoms with E-state index in [1.54, 1.807) is 7.11 Å². The number of aliphatic hydroxyl groups excluding tert-OH is 1. The molecule has 19 heavy (non-hydrogen) atoms. The van der Waals surface area contributed by atoms with Gasteiger partial charge in [0.05, 0.1) is 26.2 Å². The van der Waals surface area contributed by atoms with Crippen molar-refractivity contribution in [1.82, 2.24) is 5.32 Å². The lowest BCUT2D eigenvalue weighted by molar-refractivity contribution is -0.121. The molecule has 1 rings (SSSR count). The molecule has 1 amide bonds.